The number of carbonyl (C=O) groups excluding carboxylic acids is 1. The Labute approximate surface area is 144 Å². The third kappa shape index (κ3) is 3.60. The number of nitrogens with one attached hydrogen (secondary N) is 1. The van der Waals surface area contributed by atoms with Gasteiger partial charge in [-0.3, -0.25) is 9.78 Å². The van der Waals surface area contributed by atoms with Gasteiger partial charge in [0.1, 0.15) is 17.3 Å². The van der Waals surface area contributed by atoms with Crippen molar-refractivity contribution in [2.45, 2.75) is 6.92 Å². The molecule has 0 aliphatic carbocycles. The number of methoxy groups -OCH3 is 2. The Balaban J connectivity index is 1.94. The number of fused-ring (bicyclic) bond motifs is 1. The Hall–Kier alpha value is -3.35. The topological polar surface area (TPSA) is 82.6 Å². The molecule has 0 fully saturated rings. The fourth-order valence-corrected chi connectivity index (χ4v) is 2.36. The second-order valence-electron chi connectivity index (χ2n) is 5.20. The van der Waals surface area contributed by atoms with Gasteiger partial charge in [0.2, 0.25) is 5.91 Å². The summed E-state index contributed by atoms with van der Waals surface area (Å²) in [6, 6.07) is 8.76. The smallest absolute Gasteiger partial charge is 0.222 e. The molecule has 1 aromatic carbocycles. The molecule has 2 heterocycles. The average molecular weight is 339 g/mol. The van der Waals surface area contributed by atoms with Crippen molar-refractivity contribution in [3.8, 4) is 23.0 Å². The van der Waals surface area contributed by atoms with Crippen LogP contribution < -0.4 is 19.5 Å². The molecular weight excluding hydrogens is 322 g/mol. The van der Waals surface area contributed by atoms with Crippen LogP contribution in [0.4, 0.5) is 5.82 Å². The summed E-state index contributed by atoms with van der Waals surface area (Å²) < 4.78 is 16.6. The number of amides is 1. The molecule has 0 spiro atoms. The van der Waals surface area contributed by atoms with Crippen molar-refractivity contribution < 1.29 is 19.0 Å². The highest BCUT2D eigenvalue weighted by atomic mass is 16.5. The molecule has 0 aliphatic heterocycles. The number of ether oxygens (including phenoxy) is 3. The number of aromatic nitrogens is 2. The summed E-state index contributed by atoms with van der Waals surface area (Å²) in [5.74, 6) is 2.62. The molecule has 2 aromatic heterocycles. The van der Waals surface area contributed by atoms with Gasteiger partial charge in [0.25, 0.3) is 0 Å². The van der Waals surface area contributed by atoms with Gasteiger partial charge in [0.05, 0.1) is 25.9 Å². The van der Waals surface area contributed by atoms with E-state index in [1.54, 1.807) is 44.7 Å². The highest BCUT2D eigenvalue weighted by molar-refractivity contribution is 5.88. The molecule has 1 amide bonds. The van der Waals surface area contributed by atoms with Crippen molar-refractivity contribution in [1.82, 2.24) is 9.97 Å². The molecule has 3 rings (SSSR count). The SMILES string of the molecule is COc1cc2nccc(Oc3ccc(NC(C)=O)nc3)c2cc1OC. The molecule has 1 N–H and O–H groups in total. The maximum atomic E-state index is 11.0. The lowest BCUT2D eigenvalue weighted by molar-refractivity contribution is -0.114. The summed E-state index contributed by atoms with van der Waals surface area (Å²) in [7, 11) is 3.15. The summed E-state index contributed by atoms with van der Waals surface area (Å²) in [5.41, 5.74) is 0.720. The van der Waals surface area contributed by atoms with Gasteiger partial charge in [0.15, 0.2) is 11.5 Å². The molecule has 0 unspecified atom stereocenters. The van der Waals surface area contributed by atoms with Crippen molar-refractivity contribution in [1.29, 1.82) is 0 Å². The van der Waals surface area contributed by atoms with Crippen molar-refractivity contribution in [2.24, 2.45) is 0 Å². The van der Waals surface area contributed by atoms with Crippen molar-refractivity contribution in [2.75, 3.05) is 19.5 Å². The zero-order chi connectivity index (χ0) is 17.8. The lowest BCUT2D eigenvalue weighted by Gasteiger charge is -2.12. The Morgan fingerprint density at radius 1 is 1.00 bits per heavy atom. The number of nitrogens with zero attached hydrogens (tertiary/aromatic N) is 2. The molecule has 3 aromatic rings. The summed E-state index contributed by atoms with van der Waals surface area (Å²) in [5, 5.41) is 3.39. The maximum absolute atomic E-state index is 11.0. The van der Waals surface area contributed by atoms with Gasteiger partial charge in [-0.2, -0.15) is 0 Å². The van der Waals surface area contributed by atoms with E-state index in [0.29, 0.717) is 28.8 Å². The van der Waals surface area contributed by atoms with Gasteiger partial charge in [-0.15, -0.1) is 0 Å². The molecule has 25 heavy (non-hydrogen) atoms. The minimum atomic E-state index is -0.178. The highest BCUT2D eigenvalue weighted by Crippen LogP contribution is 2.36. The van der Waals surface area contributed by atoms with Crippen LogP contribution >= 0.6 is 0 Å². The van der Waals surface area contributed by atoms with Crippen LogP contribution in [0, 0.1) is 0 Å². The number of carbonyl (C=O) groups is 1. The maximum Gasteiger partial charge on any atom is 0.222 e. The van der Waals surface area contributed by atoms with Crippen LogP contribution in [0.1, 0.15) is 6.92 Å². The van der Waals surface area contributed by atoms with Crippen LogP contribution in [0.3, 0.4) is 0 Å². The van der Waals surface area contributed by atoms with Gasteiger partial charge >= 0.3 is 0 Å². The van der Waals surface area contributed by atoms with E-state index in [-0.39, 0.29) is 5.91 Å². The van der Waals surface area contributed by atoms with Crippen molar-refractivity contribution >= 4 is 22.6 Å². The van der Waals surface area contributed by atoms with Crippen LogP contribution in [-0.4, -0.2) is 30.1 Å². The van der Waals surface area contributed by atoms with E-state index in [9.17, 15) is 4.79 Å². The first-order valence-electron chi connectivity index (χ1n) is 7.53. The highest BCUT2D eigenvalue weighted by Gasteiger charge is 2.11. The molecule has 7 heteroatoms. The van der Waals surface area contributed by atoms with Gasteiger partial charge < -0.3 is 19.5 Å². The van der Waals surface area contributed by atoms with Gasteiger partial charge in [-0.25, -0.2) is 4.98 Å². The monoisotopic (exact) mass is 339 g/mol. The third-order valence-electron chi connectivity index (χ3n) is 3.48. The predicted octanol–water partition coefficient (Wildman–Crippen LogP) is 3.40. The van der Waals surface area contributed by atoms with E-state index in [0.717, 1.165) is 10.9 Å². The van der Waals surface area contributed by atoms with Gasteiger partial charge in [-0.05, 0) is 24.3 Å². The third-order valence-corrected chi connectivity index (χ3v) is 3.48. The fraction of sp³-hybridized carbons (Fsp3) is 0.167. The summed E-state index contributed by atoms with van der Waals surface area (Å²) in [4.78, 5) is 19.5. The molecular formula is C18H17N3O4. The number of anilines is 1. The second-order valence-corrected chi connectivity index (χ2v) is 5.20. The number of hydrogen-bond donors (Lipinski definition) is 1. The fourth-order valence-electron chi connectivity index (χ4n) is 2.36. The van der Waals surface area contributed by atoms with Crippen molar-refractivity contribution in [3.05, 3.63) is 42.7 Å². The quantitative estimate of drug-likeness (QED) is 0.767. The van der Waals surface area contributed by atoms with Crippen LogP contribution in [0.25, 0.3) is 10.9 Å². The van der Waals surface area contributed by atoms with E-state index in [4.69, 9.17) is 14.2 Å². The van der Waals surface area contributed by atoms with E-state index in [1.807, 2.05) is 6.07 Å². The minimum Gasteiger partial charge on any atom is -0.493 e. The second kappa shape index (κ2) is 7.04. The van der Waals surface area contributed by atoms with Crippen LogP contribution in [0.5, 0.6) is 23.0 Å². The molecule has 0 atom stereocenters. The number of benzene rings is 1. The molecule has 0 saturated carbocycles. The molecule has 7 nitrogen and oxygen atoms in total. The zero-order valence-electron chi connectivity index (χ0n) is 14.1. The molecule has 128 valence electrons. The average Bonchev–Trinajstić information content (AvgIpc) is 2.62. The van der Waals surface area contributed by atoms with Crippen molar-refractivity contribution in [3.63, 3.8) is 0 Å². The Morgan fingerprint density at radius 3 is 2.40 bits per heavy atom. The molecule has 0 radical (unpaired) electrons. The van der Waals surface area contributed by atoms with Crippen LogP contribution in [0.2, 0.25) is 0 Å². The Bertz CT molecular complexity index is 910. The van der Waals surface area contributed by atoms with Crippen LogP contribution in [-0.2, 0) is 4.79 Å². The van der Waals surface area contributed by atoms with E-state index in [2.05, 4.69) is 15.3 Å². The van der Waals surface area contributed by atoms with E-state index < -0.39 is 0 Å². The molecule has 0 bridgehead atoms. The first-order valence-corrected chi connectivity index (χ1v) is 7.53. The van der Waals surface area contributed by atoms with Gasteiger partial charge in [-0.1, -0.05) is 0 Å². The lowest BCUT2D eigenvalue weighted by atomic mass is 10.2. The largest absolute Gasteiger partial charge is 0.493 e. The number of rotatable bonds is 5. The van der Waals surface area contributed by atoms with Crippen LogP contribution in [0.15, 0.2) is 42.7 Å². The molecule has 0 saturated heterocycles. The standard InChI is InChI=1S/C18H17N3O4/c1-11(22)21-18-5-4-12(10-20-18)25-15-6-7-19-14-9-17(24-3)16(23-2)8-13(14)15/h4-10H,1-3H3,(H,20,21,22). The Kier molecular flexibility index (Phi) is 4.65. The van der Waals surface area contributed by atoms with E-state index in [1.165, 1.54) is 13.1 Å². The normalized spacial score (nSPS) is 10.4. The zero-order valence-corrected chi connectivity index (χ0v) is 14.1. The predicted molar refractivity (Wildman–Crippen MR) is 93.5 cm³/mol. The summed E-state index contributed by atoms with van der Waals surface area (Å²) in [6.07, 6.45) is 3.20. The number of pyridine rings is 2. The first-order chi connectivity index (χ1) is 12.1. The van der Waals surface area contributed by atoms with E-state index >= 15 is 0 Å². The molecule has 0 aliphatic rings. The lowest BCUT2D eigenvalue weighted by Crippen LogP contribution is -2.06. The first kappa shape index (κ1) is 16.5. The Morgan fingerprint density at radius 2 is 1.76 bits per heavy atom. The minimum absolute atomic E-state index is 0.178. The summed E-state index contributed by atoms with van der Waals surface area (Å²) in [6.45, 7) is 1.43. The van der Waals surface area contributed by atoms with Gasteiger partial charge in [0, 0.05) is 24.6 Å². The number of hydrogen-bond acceptors (Lipinski definition) is 6. The summed E-state index contributed by atoms with van der Waals surface area (Å²) >= 11 is 0.